The van der Waals surface area contributed by atoms with Crippen LogP contribution in [0.4, 0.5) is 0 Å². The second-order valence-electron chi connectivity index (χ2n) is 3.37. The minimum atomic E-state index is 0.318. The lowest BCUT2D eigenvalue weighted by Crippen LogP contribution is -1.82. The molecule has 0 fully saturated rings. The molecule has 1 nitrogen and oxygen atoms in total. The minimum Gasteiger partial charge on any atom is -0.396 e. The zero-order valence-corrected chi connectivity index (χ0v) is 8.47. The highest BCUT2D eigenvalue weighted by atomic mass is 16.2. The van der Waals surface area contributed by atoms with E-state index in [1.165, 1.54) is 31.3 Å². The molecule has 0 unspecified atom stereocenters. The number of unbranched alkanes of at least 4 members (excludes halogenated alkanes) is 3. The Hall–Kier alpha value is -0.300. The lowest BCUT2D eigenvalue weighted by atomic mass is 10.1. The van der Waals surface area contributed by atoms with Crippen molar-refractivity contribution in [1.82, 2.24) is 0 Å². The molecule has 0 rings (SSSR count). The zero-order valence-electron chi connectivity index (χ0n) is 8.47. The van der Waals surface area contributed by atoms with Crippen LogP contribution in [0.25, 0.3) is 0 Å². The Kier molecular flexibility index (Phi) is 8.57. The van der Waals surface area contributed by atoms with Gasteiger partial charge in [0.25, 0.3) is 0 Å². The van der Waals surface area contributed by atoms with Gasteiger partial charge in [-0.05, 0) is 32.6 Å². The van der Waals surface area contributed by atoms with E-state index in [2.05, 4.69) is 19.9 Å². The summed E-state index contributed by atoms with van der Waals surface area (Å²) in [5.74, 6) is 0. The standard InChI is InChI=1S/C11H22O/c1-3-4-5-8-11(2)9-6-7-10-12/h9,12H,3-8,10H2,1-2H3/b11-9-. The van der Waals surface area contributed by atoms with Gasteiger partial charge in [-0.2, -0.15) is 0 Å². The summed E-state index contributed by atoms with van der Waals surface area (Å²) in [6, 6.07) is 0. The Balaban J connectivity index is 3.29. The normalized spacial score (nSPS) is 12.1. The molecule has 0 atom stereocenters. The molecule has 0 radical (unpaired) electrons. The molecule has 0 aromatic carbocycles. The van der Waals surface area contributed by atoms with Crippen LogP contribution in [0.5, 0.6) is 0 Å². The van der Waals surface area contributed by atoms with Gasteiger partial charge >= 0.3 is 0 Å². The van der Waals surface area contributed by atoms with Crippen molar-refractivity contribution in [1.29, 1.82) is 0 Å². The summed E-state index contributed by atoms with van der Waals surface area (Å²) in [7, 11) is 0. The second-order valence-corrected chi connectivity index (χ2v) is 3.37. The van der Waals surface area contributed by atoms with E-state index >= 15 is 0 Å². The maximum absolute atomic E-state index is 8.56. The fourth-order valence-electron chi connectivity index (χ4n) is 1.20. The van der Waals surface area contributed by atoms with Crippen molar-refractivity contribution in [3.8, 4) is 0 Å². The average molecular weight is 170 g/mol. The van der Waals surface area contributed by atoms with Crippen LogP contribution < -0.4 is 0 Å². The van der Waals surface area contributed by atoms with Gasteiger partial charge in [-0.1, -0.05) is 31.4 Å². The molecule has 0 bridgehead atoms. The molecule has 0 aromatic heterocycles. The number of hydrogen-bond donors (Lipinski definition) is 1. The third-order valence-electron chi connectivity index (χ3n) is 2.03. The van der Waals surface area contributed by atoms with Gasteiger partial charge in [0, 0.05) is 6.61 Å². The van der Waals surface area contributed by atoms with E-state index < -0.39 is 0 Å². The van der Waals surface area contributed by atoms with Gasteiger partial charge < -0.3 is 5.11 Å². The molecule has 0 heterocycles. The molecule has 0 saturated heterocycles. The number of allylic oxidation sites excluding steroid dienone is 2. The van der Waals surface area contributed by atoms with Crippen molar-refractivity contribution in [3.63, 3.8) is 0 Å². The van der Waals surface area contributed by atoms with Crippen LogP contribution in [0.15, 0.2) is 11.6 Å². The summed E-state index contributed by atoms with van der Waals surface area (Å²) < 4.78 is 0. The lowest BCUT2D eigenvalue weighted by molar-refractivity contribution is 0.289. The van der Waals surface area contributed by atoms with E-state index in [9.17, 15) is 0 Å². The molecular formula is C11H22O. The molecule has 0 aliphatic rings. The Morgan fingerprint density at radius 3 is 2.58 bits per heavy atom. The summed E-state index contributed by atoms with van der Waals surface area (Å²) in [5.41, 5.74) is 1.48. The largest absolute Gasteiger partial charge is 0.396 e. The molecule has 0 aliphatic carbocycles. The van der Waals surface area contributed by atoms with Gasteiger partial charge in [0.15, 0.2) is 0 Å². The van der Waals surface area contributed by atoms with Gasteiger partial charge in [0.2, 0.25) is 0 Å². The van der Waals surface area contributed by atoms with Crippen molar-refractivity contribution < 1.29 is 5.11 Å². The molecule has 72 valence electrons. The maximum Gasteiger partial charge on any atom is 0.0433 e. The van der Waals surface area contributed by atoms with Crippen molar-refractivity contribution in [2.24, 2.45) is 0 Å². The van der Waals surface area contributed by atoms with E-state index in [-0.39, 0.29) is 0 Å². The smallest absolute Gasteiger partial charge is 0.0433 e. The molecule has 0 aromatic rings. The number of rotatable bonds is 7. The van der Waals surface area contributed by atoms with Crippen molar-refractivity contribution in [3.05, 3.63) is 11.6 Å². The number of hydrogen-bond acceptors (Lipinski definition) is 1. The molecule has 0 saturated carbocycles. The first-order valence-corrected chi connectivity index (χ1v) is 5.07. The van der Waals surface area contributed by atoms with E-state index in [0.717, 1.165) is 12.8 Å². The first kappa shape index (κ1) is 11.7. The third kappa shape index (κ3) is 7.80. The van der Waals surface area contributed by atoms with Gasteiger partial charge in [-0.3, -0.25) is 0 Å². The topological polar surface area (TPSA) is 20.2 Å². The molecule has 1 heteroatoms. The Bertz CT molecular complexity index is 116. The van der Waals surface area contributed by atoms with Crippen LogP contribution >= 0.6 is 0 Å². The number of aliphatic hydroxyl groups excluding tert-OH is 1. The number of aliphatic hydroxyl groups is 1. The van der Waals surface area contributed by atoms with Gasteiger partial charge in [-0.25, -0.2) is 0 Å². The molecule has 0 spiro atoms. The van der Waals surface area contributed by atoms with Crippen LogP contribution in [0, 0.1) is 0 Å². The van der Waals surface area contributed by atoms with Crippen LogP contribution in [-0.2, 0) is 0 Å². The zero-order chi connectivity index (χ0) is 9.23. The highest BCUT2D eigenvalue weighted by Crippen LogP contribution is 2.09. The van der Waals surface area contributed by atoms with Crippen LogP contribution in [-0.4, -0.2) is 11.7 Å². The van der Waals surface area contributed by atoms with Gasteiger partial charge in [0.1, 0.15) is 0 Å². The summed E-state index contributed by atoms with van der Waals surface area (Å²) in [6.45, 7) is 4.73. The van der Waals surface area contributed by atoms with Crippen molar-refractivity contribution in [2.45, 2.75) is 52.4 Å². The van der Waals surface area contributed by atoms with E-state index in [0.29, 0.717) is 6.61 Å². The first-order valence-electron chi connectivity index (χ1n) is 5.07. The molecule has 0 aliphatic heterocycles. The molecule has 1 N–H and O–H groups in total. The van der Waals surface area contributed by atoms with Crippen molar-refractivity contribution in [2.75, 3.05) is 6.61 Å². The minimum absolute atomic E-state index is 0.318. The first-order chi connectivity index (χ1) is 5.81. The van der Waals surface area contributed by atoms with E-state index in [1.807, 2.05) is 0 Å². The van der Waals surface area contributed by atoms with Crippen LogP contribution in [0.1, 0.15) is 52.4 Å². The monoisotopic (exact) mass is 170 g/mol. The highest BCUT2D eigenvalue weighted by molar-refractivity contribution is 4.97. The molecule has 0 amide bonds. The summed E-state index contributed by atoms with van der Waals surface area (Å²) in [6.07, 6.45) is 9.39. The summed E-state index contributed by atoms with van der Waals surface area (Å²) >= 11 is 0. The predicted molar refractivity (Wildman–Crippen MR) is 54.2 cm³/mol. The molecule has 12 heavy (non-hydrogen) atoms. The van der Waals surface area contributed by atoms with E-state index in [4.69, 9.17) is 5.11 Å². The van der Waals surface area contributed by atoms with Crippen molar-refractivity contribution >= 4 is 0 Å². The second kappa shape index (κ2) is 8.79. The van der Waals surface area contributed by atoms with Gasteiger partial charge in [-0.15, -0.1) is 0 Å². The average Bonchev–Trinajstić information content (AvgIpc) is 2.06. The SMILES string of the molecule is CCCCC/C(C)=C\CCCO. The third-order valence-corrected chi connectivity index (χ3v) is 2.03. The predicted octanol–water partition coefficient (Wildman–Crippen LogP) is 3.29. The van der Waals surface area contributed by atoms with Crippen LogP contribution in [0.2, 0.25) is 0 Å². The lowest BCUT2D eigenvalue weighted by Gasteiger charge is -1.99. The Morgan fingerprint density at radius 2 is 2.00 bits per heavy atom. The summed E-state index contributed by atoms with van der Waals surface area (Å²) in [5, 5.41) is 8.56. The Labute approximate surface area is 76.5 Å². The fraction of sp³-hybridized carbons (Fsp3) is 0.818. The van der Waals surface area contributed by atoms with Crippen LogP contribution in [0.3, 0.4) is 0 Å². The quantitative estimate of drug-likeness (QED) is 0.459. The summed E-state index contributed by atoms with van der Waals surface area (Å²) in [4.78, 5) is 0. The molecular weight excluding hydrogens is 148 g/mol. The highest BCUT2D eigenvalue weighted by Gasteiger charge is 1.89. The van der Waals surface area contributed by atoms with Gasteiger partial charge in [0.05, 0.1) is 0 Å². The maximum atomic E-state index is 8.56. The fourth-order valence-corrected chi connectivity index (χ4v) is 1.20. The Morgan fingerprint density at radius 1 is 1.25 bits per heavy atom. The van der Waals surface area contributed by atoms with E-state index in [1.54, 1.807) is 0 Å².